The Labute approximate surface area is 216 Å². The van der Waals surface area contributed by atoms with Crippen LogP contribution >= 0.6 is 0 Å². The van der Waals surface area contributed by atoms with Crippen molar-refractivity contribution in [1.29, 1.82) is 0 Å². The highest BCUT2D eigenvalue weighted by Crippen LogP contribution is 2.31. The molecule has 194 valence electrons. The summed E-state index contributed by atoms with van der Waals surface area (Å²) < 4.78 is 13.4. The van der Waals surface area contributed by atoms with Gasteiger partial charge in [0.05, 0.1) is 5.71 Å². The number of allylic oxidation sites excluding steroid dienone is 1. The largest absolute Gasteiger partial charge is 0.394 e. The molecule has 5 heteroatoms. The zero-order valence-corrected chi connectivity index (χ0v) is 21.9. The Hall–Kier alpha value is -2.50. The van der Waals surface area contributed by atoms with Gasteiger partial charge in [-0.2, -0.15) is 0 Å². The predicted molar refractivity (Wildman–Crippen MR) is 147 cm³/mol. The molecule has 0 amide bonds. The summed E-state index contributed by atoms with van der Waals surface area (Å²) in [4.78, 5) is 11.0. The Balaban J connectivity index is 1.30. The quantitative estimate of drug-likeness (QED) is 0.256. The van der Waals surface area contributed by atoms with Crippen LogP contribution < -0.4 is 0 Å². The monoisotopic (exact) mass is 491 g/mol. The van der Waals surface area contributed by atoms with Gasteiger partial charge in [0.2, 0.25) is 0 Å². The molecule has 2 aromatic rings. The smallest absolute Gasteiger partial charge is 0.129 e. The van der Waals surface area contributed by atoms with E-state index < -0.39 is 0 Å². The molecule has 1 saturated heterocycles. The van der Waals surface area contributed by atoms with Crippen LogP contribution in [-0.4, -0.2) is 54.8 Å². The van der Waals surface area contributed by atoms with Crippen molar-refractivity contribution in [3.8, 4) is 0 Å². The number of rotatable bonds is 11. The van der Waals surface area contributed by atoms with Crippen LogP contribution in [0, 0.1) is 11.7 Å². The van der Waals surface area contributed by atoms with Crippen molar-refractivity contribution in [2.45, 2.75) is 58.4 Å². The molecule has 36 heavy (non-hydrogen) atoms. The van der Waals surface area contributed by atoms with Crippen LogP contribution in [0.4, 0.5) is 4.39 Å². The summed E-state index contributed by atoms with van der Waals surface area (Å²) in [7, 11) is 0. The maximum absolute atomic E-state index is 13.4. The number of oxime groups is 1. The van der Waals surface area contributed by atoms with Gasteiger partial charge in [0.25, 0.3) is 0 Å². The molecule has 2 aromatic carbocycles. The molecule has 4 rings (SSSR count). The van der Waals surface area contributed by atoms with Crippen molar-refractivity contribution < 1.29 is 9.23 Å². The van der Waals surface area contributed by atoms with Gasteiger partial charge in [0, 0.05) is 45.2 Å². The molecule has 2 aliphatic rings. The second-order valence-electron chi connectivity index (χ2n) is 10.2. The van der Waals surface area contributed by atoms with E-state index in [9.17, 15) is 4.39 Å². The number of piperazine rings is 1. The predicted octanol–water partition coefficient (Wildman–Crippen LogP) is 6.78. The van der Waals surface area contributed by atoms with Gasteiger partial charge in [-0.3, -0.25) is 9.80 Å². The third-order valence-electron chi connectivity index (χ3n) is 7.46. The number of benzene rings is 2. The lowest BCUT2D eigenvalue weighted by Crippen LogP contribution is -2.46. The van der Waals surface area contributed by atoms with E-state index in [1.165, 1.54) is 61.8 Å². The minimum atomic E-state index is -0.198. The molecule has 2 fully saturated rings. The van der Waals surface area contributed by atoms with Crippen LogP contribution in [-0.2, 0) is 11.4 Å². The summed E-state index contributed by atoms with van der Waals surface area (Å²) in [5, 5.41) is 4.73. The molecule has 0 N–H and O–H groups in total. The number of hydrogen-bond donors (Lipinski definition) is 0. The molecule has 1 aliphatic heterocycles. The van der Waals surface area contributed by atoms with Gasteiger partial charge in [-0.25, -0.2) is 4.39 Å². The zero-order chi connectivity index (χ0) is 25.0. The van der Waals surface area contributed by atoms with E-state index in [0.29, 0.717) is 12.5 Å². The molecule has 0 bridgehead atoms. The second-order valence-corrected chi connectivity index (χ2v) is 10.2. The van der Waals surface area contributed by atoms with Gasteiger partial charge in [0.15, 0.2) is 0 Å². The molecule has 1 heterocycles. The Morgan fingerprint density at radius 1 is 0.972 bits per heavy atom. The highest BCUT2D eigenvalue weighted by Gasteiger charge is 2.25. The van der Waals surface area contributed by atoms with E-state index in [0.717, 1.165) is 57.0 Å². The fraction of sp³-hybridized carbons (Fsp3) is 0.516. The molecule has 1 aliphatic carbocycles. The Morgan fingerprint density at radius 2 is 1.72 bits per heavy atom. The fourth-order valence-corrected chi connectivity index (χ4v) is 5.32. The molecule has 0 spiro atoms. The molecule has 1 atom stereocenters. The van der Waals surface area contributed by atoms with Crippen LogP contribution in [0.3, 0.4) is 0 Å². The Bertz CT molecular complexity index is 965. The summed E-state index contributed by atoms with van der Waals surface area (Å²) in [5.41, 5.74) is 4.79. The standard InChI is InChI=1S/C31H42FN3O/c1-2-3-5-11-28-12-8-13-29(24-26-14-16-30(32)17-15-26)31(28)33-36-23-22-34-18-20-35(21-19-34)25-27-9-6-4-7-10-27/h4,6-7,9-10,14-17,24,28H,2-3,5,8,11-13,18-23,25H2,1H3/t28-/m0/s1. The van der Waals surface area contributed by atoms with Crippen LogP contribution in [0.25, 0.3) is 6.08 Å². The number of nitrogens with zero attached hydrogens (tertiary/aromatic N) is 3. The lowest BCUT2D eigenvalue weighted by atomic mass is 9.80. The van der Waals surface area contributed by atoms with Gasteiger partial charge in [-0.05, 0) is 60.6 Å². The fourth-order valence-electron chi connectivity index (χ4n) is 5.32. The van der Waals surface area contributed by atoms with Gasteiger partial charge < -0.3 is 4.84 Å². The van der Waals surface area contributed by atoms with Gasteiger partial charge in [0.1, 0.15) is 12.4 Å². The van der Waals surface area contributed by atoms with Crippen molar-refractivity contribution in [3.63, 3.8) is 0 Å². The minimum Gasteiger partial charge on any atom is -0.394 e. The van der Waals surface area contributed by atoms with Crippen molar-refractivity contribution in [3.05, 3.63) is 77.1 Å². The van der Waals surface area contributed by atoms with E-state index in [4.69, 9.17) is 9.99 Å². The third kappa shape index (κ3) is 8.28. The van der Waals surface area contributed by atoms with Crippen molar-refractivity contribution in [2.75, 3.05) is 39.3 Å². The van der Waals surface area contributed by atoms with Crippen LogP contribution in [0.15, 0.2) is 65.3 Å². The van der Waals surface area contributed by atoms with Crippen molar-refractivity contribution >= 4 is 11.8 Å². The van der Waals surface area contributed by atoms with E-state index >= 15 is 0 Å². The summed E-state index contributed by atoms with van der Waals surface area (Å²) in [6.45, 7) is 9.13. The van der Waals surface area contributed by atoms with Crippen LogP contribution in [0.1, 0.15) is 63.0 Å². The summed E-state index contributed by atoms with van der Waals surface area (Å²) in [6, 6.07) is 17.5. The van der Waals surface area contributed by atoms with E-state index in [1.54, 1.807) is 0 Å². The van der Waals surface area contributed by atoms with E-state index in [1.807, 2.05) is 12.1 Å². The van der Waals surface area contributed by atoms with Crippen LogP contribution in [0.2, 0.25) is 0 Å². The van der Waals surface area contributed by atoms with E-state index in [2.05, 4.69) is 53.1 Å². The Morgan fingerprint density at radius 3 is 2.47 bits per heavy atom. The first-order valence-corrected chi connectivity index (χ1v) is 13.9. The molecular weight excluding hydrogens is 449 g/mol. The summed E-state index contributed by atoms with van der Waals surface area (Å²) >= 11 is 0. The van der Waals surface area contributed by atoms with Gasteiger partial charge in [-0.1, -0.05) is 73.8 Å². The first-order chi connectivity index (χ1) is 17.7. The summed E-state index contributed by atoms with van der Waals surface area (Å²) in [6.07, 6.45) is 10.4. The van der Waals surface area contributed by atoms with Crippen molar-refractivity contribution in [1.82, 2.24) is 9.80 Å². The SMILES string of the molecule is CCCCC[C@H]1CCCC(=Cc2ccc(F)cc2)C1=NOCCN1CCN(Cc2ccccc2)CC1. The van der Waals surface area contributed by atoms with Crippen molar-refractivity contribution in [2.24, 2.45) is 11.1 Å². The highest BCUT2D eigenvalue weighted by molar-refractivity contribution is 6.05. The lowest BCUT2D eigenvalue weighted by Gasteiger charge is -2.34. The highest BCUT2D eigenvalue weighted by atomic mass is 19.1. The normalized spacial score (nSPS) is 21.8. The molecule has 0 unspecified atom stereocenters. The minimum absolute atomic E-state index is 0.198. The Kier molecular flexibility index (Phi) is 10.5. The molecule has 0 aromatic heterocycles. The lowest BCUT2D eigenvalue weighted by molar-refractivity contribution is 0.0760. The van der Waals surface area contributed by atoms with E-state index in [-0.39, 0.29) is 5.82 Å². The molecule has 1 saturated carbocycles. The first-order valence-electron chi connectivity index (χ1n) is 13.9. The average Bonchev–Trinajstić information content (AvgIpc) is 2.91. The second kappa shape index (κ2) is 14.3. The molecule has 4 nitrogen and oxygen atoms in total. The topological polar surface area (TPSA) is 28.1 Å². The van der Waals surface area contributed by atoms with Crippen LogP contribution in [0.5, 0.6) is 0 Å². The van der Waals surface area contributed by atoms with Gasteiger partial charge >= 0.3 is 0 Å². The molecule has 0 radical (unpaired) electrons. The van der Waals surface area contributed by atoms with Gasteiger partial charge in [-0.15, -0.1) is 0 Å². The maximum Gasteiger partial charge on any atom is 0.129 e. The zero-order valence-electron chi connectivity index (χ0n) is 21.9. The average molecular weight is 492 g/mol. The summed E-state index contributed by atoms with van der Waals surface area (Å²) in [5.74, 6) is 0.259. The first kappa shape index (κ1) is 26.6. The maximum atomic E-state index is 13.4. The third-order valence-corrected chi connectivity index (χ3v) is 7.46. The number of halogens is 1. The number of unbranched alkanes of at least 4 members (excludes halogenated alkanes) is 2. The number of hydrogen-bond acceptors (Lipinski definition) is 4. The molecular formula is C31H42FN3O.